The van der Waals surface area contributed by atoms with Gasteiger partial charge in [-0.15, -0.1) is 0 Å². The van der Waals surface area contributed by atoms with Crippen molar-refractivity contribution < 1.29 is 13.9 Å². The summed E-state index contributed by atoms with van der Waals surface area (Å²) in [5.41, 5.74) is 1.66. The van der Waals surface area contributed by atoms with E-state index < -0.39 is 0 Å². The Labute approximate surface area is 127 Å². The minimum atomic E-state index is -0.294. The number of halogens is 2. The van der Waals surface area contributed by atoms with Crippen molar-refractivity contribution in [3.05, 3.63) is 58.4 Å². The van der Waals surface area contributed by atoms with Crippen LogP contribution >= 0.6 is 11.6 Å². The molecule has 0 aromatic heterocycles. The maximum absolute atomic E-state index is 13.6. The number of rotatable bonds is 4. The summed E-state index contributed by atoms with van der Waals surface area (Å²) in [5.74, 6) is 1.24. The molecule has 0 radical (unpaired) electrons. The summed E-state index contributed by atoms with van der Waals surface area (Å²) in [6.07, 6.45) is 0. The number of benzene rings is 2. The summed E-state index contributed by atoms with van der Waals surface area (Å²) < 4.78 is 24.6. The first kappa shape index (κ1) is 14.2. The van der Waals surface area contributed by atoms with E-state index in [4.69, 9.17) is 21.1 Å². The third-order valence-electron chi connectivity index (χ3n) is 3.27. The van der Waals surface area contributed by atoms with E-state index in [0.29, 0.717) is 36.9 Å². The SMILES string of the molecule is Fc1cc(Cl)ccc1CNCc1ccc2c(c1)OCCO2. The molecule has 1 heterocycles. The van der Waals surface area contributed by atoms with Crippen LogP contribution in [0.5, 0.6) is 11.5 Å². The predicted octanol–water partition coefficient (Wildman–Crippen LogP) is 3.54. The standard InChI is InChI=1S/C16H15ClFNO2/c17-13-3-2-12(14(18)8-13)10-19-9-11-1-4-15-16(7-11)21-6-5-20-15/h1-4,7-8,19H,5-6,9-10H2. The Kier molecular flexibility index (Phi) is 4.27. The number of fused-ring (bicyclic) bond motifs is 1. The molecule has 21 heavy (non-hydrogen) atoms. The molecule has 0 aliphatic carbocycles. The topological polar surface area (TPSA) is 30.5 Å². The highest BCUT2D eigenvalue weighted by Crippen LogP contribution is 2.30. The van der Waals surface area contributed by atoms with Crippen LogP contribution in [0.4, 0.5) is 4.39 Å². The molecule has 0 saturated carbocycles. The molecule has 0 spiro atoms. The Balaban J connectivity index is 1.60. The van der Waals surface area contributed by atoms with Crippen molar-refractivity contribution in [2.24, 2.45) is 0 Å². The maximum Gasteiger partial charge on any atom is 0.161 e. The molecule has 0 atom stereocenters. The molecular weight excluding hydrogens is 293 g/mol. The van der Waals surface area contributed by atoms with E-state index in [1.165, 1.54) is 6.07 Å². The van der Waals surface area contributed by atoms with Crippen LogP contribution in [0.2, 0.25) is 5.02 Å². The van der Waals surface area contributed by atoms with E-state index >= 15 is 0 Å². The highest BCUT2D eigenvalue weighted by Gasteiger charge is 2.11. The fourth-order valence-electron chi connectivity index (χ4n) is 2.20. The summed E-state index contributed by atoms with van der Waals surface area (Å²) >= 11 is 5.73. The number of hydrogen-bond acceptors (Lipinski definition) is 3. The molecule has 1 aliphatic rings. The Morgan fingerprint density at radius 2 is 1.81 bits per heavy atom. The smallest absolute Gasteiger partial charge is 0.161 e. The van der Waals surface area contributed by atoms with Crippen LogP contribution in [0.3, 0.4) is 0 Å². The van der Waals surface area contributed by atoms with Crippen LogP contribution in [0.1, 0.15) is 11.1 Å². The van der Waals surface area contributed by atoms with Crippen LogP contribution in [0.15, 0.2) is 36.4 Å². The number of nitrogens with one attached hydrogen (secondary N) is 1. The molecular formula is C16H15ClFNO2. The van der Waals surface area contributed by atoms with Crippen LogP contribution in [-0.4, -0.2) is 13.2 Å². The molecule has 0 saturated heterocycles. The van der Waals surface area contributed by atoms with Gasteiger partial charge in [0, 0.05) is 23.7 Å². The lowest BCUT2D eigenvalue weighted by Crippen LogP contribution is -2.17. The van der Waals surface area contributed by atoms with Gasteiger partial charge in [-0.3, -0.25) is 0 Å². The van der Waals surface area contributed by atoms with Gasteiger partial charge in [0.2, 0.25) is 0 Å². The lowest BCUT2D eigenvalue weighted by Gasteiger charge is -2.19. The van der Waals surface area contributed by atoms with Gasteiger partial charge in [-0.05, 0) is 29.8 Å². The van der Waals surface area contributed by atoms with Crippen LogP contribution < -0.4 is 14.8 Å². The third-order valence-corrected chi connectivity index (χ3v) is 3.50. The quantitative estimate of drug-likeness (QED) is 0.937. The van der Waals surface area contributed by atoms with Crippen molar-refractivity contribution in [2.75, 3.05) is 13.2 Å². The minimum absolute atomic E-state index is 0.294. The van der Waals surface area contributed by atoms with Crippen molar-refractivity contribution in [3.8, 4) is 11.5 Å². The van der Waals surface area contributed by atoms with Crippen molar-refractivity contribution in [2.45, 2.75) is 13.1 Å². The second-order valence-electron chi connectivity index (χ2n) is 4.82. The molecule has 0 amide bonds. The average Bonchev–Trinajstić information content (AvgIpc) is 2.49. The van der Waals surface area contributed by atoms with Gasteiger partial charge < -0.3 is 14.8 Å². The van der Waals surface area contributed by atoms with Crippen molar-refractivity contribution in [1.29, 1.82) is 0 Å². The van der Waals surface area contributed by atoms with Crippen molar-refractivity contribution in [3.63, 3.8) is 0 Å². The molecule has 3 rings (SSSR count). The van der Waals surface area contributed by atoms with Crippen molar-refractivity contribution >= 4 is 11.6 Å². The fourth-order valence-corrected chi connectivity index (χ4v) is 2.36. The zero-order valence-electron chi connectivity index (χ0n) is 11.4. The molecule has 1 N–H and O–H groups in total. The van der Waals surface area contributed by atoms with E-state index in [0.717, 1.165) is 17.1 Å². The van der Waals surface area contributed by atoms with Gasteiger partial charge in [0.25, 0.3) is 0 Å². The third kappa shape index (κ3) is 3.46. The van der Waals surface area contributed by atoms with E-state index in [9.17, 15) is 4.39 Å². The number of hydrogen-bond donors (Lipinski definition) is 1. The minimum Gasteiger partial charge on any atom is -0.486 e. The van der Waals surface area contributed by atoms with Crippen molar-refractivity contribution in [1.82, 2.24) is 5.32 Å². The number of ether oxygens (including phenoxy) is 2. The lowest BCUT2D eigenvalue weighted by molar-refractivity contribution is 0.171. The molecule has 0 bridgehead atoms. The van der Waals surface area contributed by atoms with Crippen LogP contribution in [0.25, 0.3) is 0 Å². The predicted molar refractivity (Wildman–Crippen MR) is 79.4 cm³/mol. The highest BCUT2D eigenvalue weighted by molar-refractivity contribution is 6.30. The summed E-state index contributed by atoms with van der Waals surface area (Å²) in [7, 11) is 0. The highest BCUT2D eigenvalue weighted by atomic mass is 35.5. The lowest BCUT2D eigenvalue weighted by atomic mass is 10.1. The van der Waals surface area contributed by atoms with E-state index in [-0.39, 0.29) is 5.82 Å². The zero-order valence-corrected chi connectivity index (χ0v) is 12.1. The maximum atomic E-state index is 13.6. The molecule has 1 aliphatic heterocycles. The zero-order chi connectivity index (χ0) is 14.7. The summed E-state index contributed by atoms with van der Waals surface area (Å²) in [6.45, 7) is 2.22. The second-order valence-corrected chi connectivity index (χ2v) is 5.25. The van der Waals surface area contributed by atoms with Gasteiger partial charge in [-0.25, -0.2) is 4.39 Å². The summed E-state index contributed by atoms with van der Waals surface area (Å²) in [6, 6.07) is 10.5. The average molecular weight is 308 g/mol. The van der Waals surface area contributed by atoms with Gasteiger partial charge in [0.05, 0.1) is 0 Å². The molecule has 5 heteroatoms. The van der Waals surface area contributed by atoms with Gasteiger partial charge in [0.15, 0.2) is 11.5 Å². The van der Waals surface area contributed by atoms with E-state index in [1.54, 1.807) is 12.1 Å². The first-order chi connectivity index (χ1) is 10.2. The van der Waals surface area contributed by atoms with Gasteiger partial charge in [-0.1, -0.05) is 23.7 Å². The second kappa shape index (κ2) is 6.33. The first-order valence-corrected chi connectivity index (χ1v) is 7.13. The van der Waals surface area contributed by atoms with Gasteiger partial charge >= 0.3 is 0 Å². The van der Waals surface area contributed by atoms with Crippen LogP contribution in [0, 0.1) is 5.82 Å². The Morgan fingerprint density at radius 3 is 2.62 bits per heavy atom. The van der Waals surface area contributed by atoms with Crippen LogP contribution in [-0.2, 0) is 13.1 Å². The van der Waals surface area contributed by atoms with E-state index in [2.05, 4.69) is 5.32 Å². The monoisotopic (exact) mass is 307 g/mol. The molecule has 2 aromatic carbocycles. The molecule has 2 aromatic rings. The summed E-state index contributed by atoms with van der Waals surface area (Å²) in [5, 5.41) is 3.61. The summed E-state index contributed by atoms with van der Waals surface area (Å²) in [4.78, 5) is 0. The molecule has 110 valence electrons. The largest absolute Gasteiger partial charge is 0.486 e. The molecule has 3 nitrogen and oxygen atoms in total. The Hall–Kier alpha value is -1.78. The fraction of sp³-hybridized carbons (Fsp3) is 0.250. The first-order valence-electron chi connectivity index (χ1n) is 6.75. The van der Waals surface area contributed by atoms with E-state index in [1.807, 2.05) is 18.2 Å². The molecule has 0 fully saturated rings. The Bertz CT molecular complexity index is 648. The normalized spacial score (nSPS) is 13.2. The van der Waals surface area contributed by atoms with Gasteiger partial charge in [0.1, 0.15) is 19.0 Å². The Morgan fingerprint density at radius 1 is 1.00 bits per heavy atom. The molecule has 0 unspecified atom stereocenters. The van der Waals surface area contributed by atoms with Gasteiger partial charge in [-0.2, -0.15) is 0 Å².